The van der Waals surface area contributed by atoms with E-state index in [0.29, 0.717) is 26.2 Å². The van der Waals surface area contributed by atoms with Gasteiger partial charge >= 0.3 is 0 Å². The van der Waals surface area contributed by atoms with Gasteiger partial charge in [0.2, 0.25) is 5.91 Å². The molecule has 0 aliphatic carbocycles. The highest BCUT2D eigenvalue weighted by atomic mass is 16.5. The molecule has 3 aliphatic rings. The summed E-state index contributed by atoms with van der Waals surface area (Å²) in [5.41, 5.74) is 2.90. The Balaban J connectivity index is 1.82. The van der Waals surface area contributed by atoms with Gasteiger partial charge in [-0.15, -0.1) is 0 Å². The molecule has 0 radical (unpaired) electrons. The molecule has 4 rings (SSSR count). The van der Waals surface area contributed by atoms with Crippen molar-refractivity contribution < 1.29 is 14.3 Å². The zero-order valence-corrected chi connectivity index (χ0v) is 15.7. The van der Waals surface area contributed by atoms with Crippen molar-refractivity contribution in [1.82, 2.24) is 14.4 Å². The largest absolute Gasteiger partial charge is 0.383 e. The summed E-state index contributed by atoms with van der Waals surface area (Å²) in [5, 5.41) is 0. The second kappa shape index (κ2) is 7.20. The van der Waals surface area contributed by atoms with Gasteiger partial charge in [0.05, 0.1) is 18.1 Å². The van der Waals surface area contributed by atoms with Crippen LogP contribution in [0.5, 0.6) is 0 Å². The summed E-state index contributed by atoms with van der Waals surface area (Å²) >= 11 is 0. The Labute approximate surface area is 149 Å². The molecule has 0 saturated carbocycles. The smallest absolute Gasteiger partial charge is 0.255 e. The van der Waals surface area contributed by atoms with Crippen LogP contribution in [0.1, 0.15) is 41.5 Å². The average molecular weight is 347 g/mol. The summed E-state index contributed by atoms with van der Waals surface area (Å²) in [4.78, 5) is 29.7. The van der Waals surface area contributed by atoms with Crippen LogP contribution in [0.4, 0.5) is 0 Å². The number of piperidine rings is 1. The highest BCUT2D eigenvalue weighted by Gasteiger charge is 2.42. The van der Waals surface area contributed by atoms with E-state index in [0.717, 1.165) is 36.3 Å². The van der Waals surface area contributed by atoms with Crippen LogP contribution in [-0.2, 0) is 16.1 Å². The first-order valence-corrected chi connectivity index (χ1v) is 9.23. The molecule has 2 atom stereocenters. The summed E-state index contributed by atoms with van der Waals surface area (Å²) in [5.74, 6) is 0.169. The number of methoxy groups -OCH3 is 1. The van der Waals surface area contributed by atoms with Crippen molar-refractivity contribution in [3.05, 3.63) is 23.0 Å². The fraction of sp³-hybridized carbons (Fsp3) is 0.684. The van der Waals surface area contributed by atoms with Gasteiger partial charge in [-0.05, 0) is 39.7 Å². The molecule has 6 nitrogen and oxygen atoms in total. The van der Waals surface area contributed by atoms with Crippen LogP contribution in [0.3, 0.4) is 0 Å². The van der Waals surface area contributed by atoms with Crippen molar-refractivity contribution in [2.45, 2.75) is 46.2 Å². The average Bonchev–Trinajstić information content (AvgIpc) is 2.75. The molecule has 6 heteroatoms. The van der Waals surface area contributed by atoms with Crippen LogP contribution in [0.25, 0.3) is 0 Å². The normalized spacial score (nSPS) is 23.3. The van der Waals surface area contributed by atoms with Crippen LogP contribution < -0.4 is 0 Å². The van der Waals surface area contributed by atoms with Gasteiger partial charge in [0.25, 0.3) is 5.91 Å². The maximum absolute atomic E-state index is 13.2. The third-order valence-electron chi connectivity index (χ3n) is 5.74. The van der Waals surface area contributed by atoms with Gasteiger partial charge in [-0.2, -0.15) is 0 Å². The number of carbonyl (C=O) groups excluding carboxylic acids is 2. The zero-order valence-electron chi connectivity index (χ0n) is 15.7. The number of ether oxygens (including phenoxy) is 1. The first-order valence-electron chi connectivity index (χ1n) is 9.23. The molecule has 3 fully saturated rings. The minimum atomic E-state index is -0.0748. The van der Waals surface area contributed by atoms with E-state index in [1.165, 1.54) is 0 Å². The van der Waals surface area contributed by atoms with Crippen LogP contribution in [-0.4, -0.2) is 65.6 Å². The first kappa shape index (κ1) is 18.0. The number of carbonyl (C=O) groups is 2. The topological polar surface area (TPSA) is 54.8 Å². The Morgan fingerprint density at radius 1 is 1.28 bits per heavy atom. The molecule has 25 heavy (non-hydrogen) atoms. The van der Waals surface area contributed by atoms with Crippen LogP contribution in [0, 0.1) is 19.8 Å². The van der Waals surface area contributed by atoms with Crippen molar-refractivity contribution in [3.8, 4) is 0 Å². The van der Waals surface area contributed by atoms with Crippen molar-refractivity contribution in [2.24, 2.45) is 5.92 Å². The standard InChI is InChI=1S/C19H29N3O3/c1-5-21-13(2)10-17(14(21)3)19(24)20-11-15-6-7-16(12-20)22(18(15)23)8-9-25-4/h10,15-16H,5-9,11-12H2,1-4H3/t15-,16+/m1/s1. The second-order valence-corrected chi connectivity index (χ2v) is 7.19. The highest BCUT2D eigenvalue weighted by Crippen LogP contribution is 2.30. The van der Waals surface area contributed by atoms with Gasteiger partial charge < -0.3 is 19.1 Å². The molecule has 1 aromatic heterocycles. The Bertz CT molecular complexity index is 667. The maximum atomic E-state index is 13.2. The number of aryl methyl sites for hydroxylation is 1. The number of aromatic nitrogens is 1. The summed E-state index contributed by atoms with van der Waals surface area (Å²) in [6, 6.07) is 2.10. The summed E-state index contributed by atoms with van der Waals surface area (Å²) in [7, 11) is 1.65. The molecule has 2 amide bonds. The van der Waals surface area contributed by atoms with E-state index in [-0.39, 0.29) is 23.8 Å². The molecule has 1 aromatic rings. The predicted molar refractivity (Wildman–Crippen MR) is 95.6 cm³/mol. The zero-order chi connectivity index (χ0) is 18.1. The summed E-state index contributed by atoms with van der Waals surface area (Å²) in [6.45, 7) is 9.31. The number of nitrogens with zero attached hydrogens (tertiary/aromatic N) is 3. The Morgan fingerprint density at radius 2 is 2.04 bits per heavy atom. The number of fused-ring (bicyclic) bond motifs is 4. The van der Waals surface area contributed by atoms with Gasteiger partial charge in [0, 0.05) is 50.7 Å². The van der Waals surface area contributed by atoms with E-state index in [2.05, 4.69) is 11.5 Å². The van der Waals surface area contributed by atoms with E-state index in [1.807, 2.05) is 29.7 Å². The lowest BCUT2D eigenvalue weighted by Crippen LogP contribution is -2.49. The fourth-order valence-electron chi connectivity index (χ4n) is 4.36. The van der Waals surface area contributed by atoms with Crippen molar-refractivity contribution >= 4 is 11.8 Å². The SMILES string of the molecule is CCn1c(C)cc(C(=O)N2C[C@H]3CC[C@@H](C2)N(CCOC)C3=O)c1C. The number of rotatable bonds is 5. The van der Waals surface area contributed by atoms with E-state index in [1.54, 1.807) is 7.11 Å². The second-order valence-electron chi connectivity index (χ2n) is 7.19. The summed E-state index contributed by atoms with van der Waals surface area (Å²) in [6.07, 6.45) is 1.85. The van der Waals surface area contributed by atoms with Crippen molar-refractivity contribution in [1.29, 1.82) is 0 Å². The van der Waals surface area contributed by atoms with E-state index in [4.69, 9.17) is 4.74 Å². The highest BCUT2D eigenvalue weighted by molar-refractivity contribution is 5.96. The molecule has 3 saturated heterocycles. The van der Waals surface area contributed by atoms with Crippen molar-refractivity contribution in [2.75, 3.05) is 33.4 Å². The van der Waals surface area contributed by atoms with Gasteiger partial charge in [0.1, 0.15) is 0 Å². The van der Waals surface area contributed by atoms with E-state index >= 15 is 0 Å². The summed E-state index contributed by atoms with van der Waals surface area (Å²) < 4.78 is 7.31. The third-order valence-corrected chi connectivity index (χ3v) is 5.74. The molecule has 138 valence electrons. The van der Waals surface area contributed by atoms with Crippen LogP contribution in [0.2, 0.25) is 0 Å². The van der Waals surface area contributed by atoms with Gasteiger partial charge in [-0.1, -0.05) is 0 Å². The molecular formula is C19H29N3O3. The van der Waals surface area contributed by atoms with E-state index in [9.17, 15) is 9.59 Å². The molecule has 0 unspecified atom stereocenters. The van der Waals surface area contributed by atoms with Crippen molar-refractivity contribution in [3.63, 3.8) is 0 Å². The van der Waals surface area contributed by atoms with Gasteiger partial charge in [-0.3, -0.25) is 9.59 Å². The third kappa shape index (κ3) is 3.19. The van der Waals surface area contributed by atoms with Crippen LogP contribution in [0.15, 0.2) is 6.07 Å². The fourth-order valence-corrected chi connectivity index (χ4v) is 4.36. The van der Waals surface area contributed by atoms with Crippen LogP contribution >= 0.6 is 0 Å². The molecule has 0 spiro atoms. The lowest BCUT2D eigenvalue weighted by Gasteiger charge is -2.35. The Hall–Kier alpha value is -1.82. The number of hydrogen-bond donors (Lipinski definition) is 0. The molecule has 3 aliphatic heterocycles. The van der Waals surface area contributed by atoms with Gasteiger partial charge in [-0.25, -0.2) is 0 Å². The Morgan fingerprint density at radius 3 is 2.68 bits per heavy atom. The molecule has 2 bridgehead atoms. The minimum absolute atomic E-state index is 0.0612. The quantitative estimate of drug-likeness (QED) is 0.817. The lowest BCUT2D eigenvalue weighted by molar-refractivity contribution is -0.140. The first-order chi connectivity index (χ1) is 12.0. The molecule has 0 aromatic carbocycles. The minimum Gasteiger partial charge on any atom is -0.383 e. The monoisotopic (exact) mass is 347 g/mol. The Kier molecular flexibility index (Phi) is 5.18. The molecular weight excluding hydrogens is 318 g/mol. The maximum Gasteiger partial charge on any atom is 0.255 e. The van der Waals surface area contributed by atoms with Gasteiger partial charge in [0.15, 0.2) is 0 Å². The molecule has 0 N–H and O–H groups in total. The number of amides is 2. The van der Waals surface area contributed by atoms with E-state index < -0.39 is 0 Å². The molecule has 4 heterocycles. The predicted octanol–water partition coefficient (Wildman–Crippen LogP) is 1.83. The lowest BCUT2D eigenvalue weighted by atomic mass is 9.94. The number of hydrogen-bond acceptors (Lipinski definition) is 3.